The van der Waals surface area contributed by atoms with Crippen molar-refractivity contribution in [2.75, 3.05) is 40.0 Å². The molecule has 1 aromatic carbocycles. The number of fused-ring (bicyclic) bond motifs is 1. The molecule has 1 aliphatic carbocycles. The third kappa shape index (κ3) is 3.54. The standard InChI is InChI=1S/C22H31NO3/c1-25-15-20-16-26-11-8-22(20)6-9-23(10-7-22)21(24)14-17-12-18-4-2-3-5-19(18)13-17/h2-5,17,20H,6-16H2,1H3/t20-/m1/s1. The monoisotopic (exact) mass is 357 g/mol. The van der Waals surface area contributed by atoms with Crippen molar-refractivity contribution >= 4 is 5.91 Å². The summed E-state index contributed by atoms with van der Waals surface area (Å²) in [5, 5.41) is 0. The second-order valence-corrected chi connectivity index (χ2v) is 8.47. The Hall–Kier alpha value is -1.39. The molecule has 4 nitrogen and oxygen atoms in total. The molecule has 3 aliphatic rings. The zero-order valence-corrected chi connectivity index (χ0v) is 15.9. The number of hydrogen-bond donors (Lipinski definition) is 0. The highest BCUT2D eigenvalue weighted by Gasteiger charge is 2.44. The van der Waals surface area contributed by atoms with E-state index >= 15 is 0 Å². The summed E-state index contributed by atoms with van der Waals surface area (Å²) in [6, 6.07) is 8.64. The smallest absolute Gasteiger partial charge is 0.222 e. The minimum absolute atomic E-state index is 0.314. The van der Waals surface area contributed by atoms with Crippen LogP contribution in [0.15, 0.2) is 24.3 Å². The molecule has 0 radical (unpaired) electrons. The predicted octanol–water partition coefficient (Wildman–Crippen LogP) is 3.08. The van der Waals surface area contributed by atoms with Gasteiger partial charge < -0.3 is 14.4 Å². The number of amides is 1. The van der Waals surface area contributed by atoms with E-state index in [2.05, 4.69) is 29.2 Å². The molecule has 2 fully saturated rings. The van der Waals surface area contributed by atoms with Crippen molar-refractivity contribution in [1.29, 1.82) is 0 Å². The molecule has 2 saturated heterocycles. The number of rotatable bonds is 4. The SMILES string of the molecule is COC[C@@H]1COCCC12CCN(C(=O)CC1Cc3ccccc3C1)CC2. The van der Waals surface area contributed by atoms with Crippen LogP contribution in [0.4, 0.5) is 0 Å². The van der Waals surface area contributed by atoms with E-state index in [1.54, 1.807) is 7.11 Å². The third-order valence-electron chi connectivity index (χ3n) is 7.01. The maximum atomic E-state index is 12.9. The van der Waals surface area contributed by atoms with Gasteiger partial charge in [0.2, 0.25) is 5.91 Å². The molecule has 4 heteroatoms. The Morgan fingerprint density at radius 3 is 2.54 bits per heavy atom. The van der Waals surface area contributed by atoms with Crippen molar-refractivity contribution < 1.29 is 14.3 Å². The third-order valence-corrected chi connectivity index (χ3v) is 7.01. The van der Waals surface area contributed by atoms with Gasteiger partial charge in [0.15, 0.2) is 0 Å². The first-order valence-corrected chi connectivity index (χ1v) is 10.1. The summed E-state index contributed by atoms with van der Waals surface area (Å²) in [7, 11) is 1.78. The van der Waals surface area contributed by atoms with Crippen molar-refractivity contribution in [3.63, 3.8) is 0 Å². The molecule has 1 spiro atoms. The van der Waals surface area contributed by atoms with E-state index in [0.29, 0.717) is 29.6 Å². The Bertz CT molecular complexity index is 609. The van der Waals surface area contributed by atoms with E-state index in [-0.39, 0.29) is 0 Å². The molecule has 26 heavy (non-hydrogen) atoms. The van der Waals surface area contributed by atoms with Crippen LogP contribution in [-0.4, -0.2) is 50.8 Å². The fourth-order valence-corrected chi connectivity index (χ4v) is 5.34. The van der Waals surface area contributed by atoms with Gasteiger partial charge in [-0.05, 0) is 54.6 Å². The maximum absolute atomic E-state index is 12.9. The van der Waals surface area contributed by atoms with Gasteiger partial charge in [-0.2, -0.15) is 0 Å². The first-order valence-electron chi connectivity index (χ1n) is 10.1. The summed E-state index contributed by atoms with van der Waals surface area (Å²) < 4.78 is 11.1. The Balaban J connectivity index is 1.31. The highest BCUT2D eigenvalue weighted by Crippen LogP contribution is 2.45. The fraction of sp³-hybridized carbons (Fsp3) is 0.682. The minimum Gasteiger partial charge on any atom is -0.384 e. The highest BCUT2D eigenvalue weighted by atomic mass is 16.5. The topological polar surface area (TPSA) is 38.8 Å². The zero-order valence-electron chi connectivity index (χ0n) is 15.9. The van der Waals surface area contributed by atoms with Gasteiger partial charge >= 0.3 is 0 Å². The summed E-state index contributed by atoms with van der Waals surface area (Å²) >= 11 is 0. The van der Waals surface area contributed by atoms with E-state index in [1.165, 1.54) is 11.1 Å². The molecule has 2 heterocycles. The maximum Gasteiger partial charge on any atom is 0.222 e. The zero-order chi connectivity index (χ0) is 18.0. The molecule has 0 N–H and O–H groups in total. The van der Waals surface area contributed by atoms with Gasteiger partial charge in [0, 0.05) is 39.1 Å². The van der Waals surface area contributed by atoms with Crippen LogP contribution in [0.3, 0.4) is 0 Å². The molecular weight excluding hydrogens is 326 g/mol. The van der Waals surface area contributed by atoms with E-state index in [0.717, 1.165) is 65.0 Å². The lowest BCUT2D eigenvalue weighted by molar-refractivity contribution is -0.139. The molecule has 1 amide bonds. The molecule has 0 saturated carbocycles. The second kappa shape index (κ2) is 7.69. The van der Waals surface area contributed by atoms with Crippen LogP contribution in [0.1, 0.15) is 36.8 Å². The van der Waals surface area contributed by atoms with Crippen LogP contribution in [0.5, 0.6) is 0 Å². The van der Waals surface area contributed by atoms with Crippen molar-refractivity contribution in [1.82, 2.24) is 4.90 Å². The van der Waals surface area contributed by atoms with Crippen LogP contribution >= 0.6 is 0 Å². The number of carbonyl (C=O) groups is 1. The summed E-state index contributed by atoms with van der Waals surface area (Å²) in [5.74, 6) is 1.32. The number of piperidine rings is 1. The Morgan fingerprint density at radius 1 is 1.19 bits per heavy atom. The van der Waals surface area contributed by atoms with Gasteiger partial charge in [0.05, 0.1) is 13.2 Å². The molecule has 4 rings (SSSR count). The number of carbonyl (C=O) groups excluding carboxylic acids is 1. The normalized spacial score (nSPS) is 25.4. The molecular formula is C22H31NO3. The summed E-state index contributed by atoms with van der Waals surface area (Å²) in [4.78, 5) is 15.0. The average molecular weight is 357 g/mol. The van der Waals surface area contributed by atoms with Crippen molar-refractivity contribution in [3.8, 4) is 0 Å². The summed E-state index contributed by atoms with van der Waals surface area (Å²) in [5.41, 5.74) is 3.19. The van der Waals surface area contributed by atoms with Gasteiger partial charge in [0.25, 0.3) is 0 Å². The Kier molecular flexibility index (Phi) is 5.32. The first kappa shape index (κ1) is 18.0. The lowest BCUT2D eigenvalue weighted by Gasteiger charge is -2.49. The minimum atomic E-state index is 0.314. The van der Waals surface area contributed by atoms with Crippen LogP contribution in [-0.2, 0) is 27.1 Å². The van der Waals surface area contributed by atoms with Crippen molar-refractivity contribution in [2.24, 2.45) is 17.3 Å². The highest BCUT2D eigenvalue weighted by molar-refractivity contribution is 5.76. The van der Waals surface area contributed by atoms with Crippen LogP contribution in [0.2, 0.25) is 0 Å². The predicted molar refractivity (Wildman–Crippen MR) is 101 cm³/mol. The quantitative estimate of drug-likeness (QED) is 0.831. The van der Waals surface area contributed by atoms with Crippen LogP contribution < -0.4 is 0 Å². The fourth-order valence-electron chi connectivity index (χ4n) is 5.34. The Labute approximate surface area is 156 Å². The van der Waals surface area contributed by atoms with E-state index < -0.39 is 0 Å². The van der Waals surface area contributed by atoms with E-state index in [9.17, 15) is 4.79 Å². The second-order valence-electron chi connectivity index (χ2n) is 8.47. The number of nitrogens with zero attached hydrogens (tertiary/aromatic N) is 1. The van der Waals surface area contributed by atoms with E-state index in [1.807, 2.05) is 0 Å². The van der Waals surface area contributed by atoms with Crippen molar-refractivity contribution in [2.45, 2.75) is 38.5 Å². The molecule has 1 atom stereocenters. The van der Waals surface area contributed by atoms with E-state index in [4.69, 9.17) is 9.47 Å². The molecule has 2 aliphatic heterocycles. The lowest BCUT2D eigenvalue weighted by Crippen LogP contribution is -2.50. The van der Waals surface area contributed by atoms with Gasteiger partial charge in [-0.25, -0.2) is 0 Å². The largest absolute Gasteiger partial charge is 0.384 e. The number of ether oxygens (including phenoxy) is 2. The van der Waals surface area contributed by atoms with Gasteiger partial charge in [0.1, 0.15) is 0 Å². The lowest BCUT2D eigenvalue weighted by atomic mass is 9.66. The van der Waals surface area contributed by atoms with Crippen molar-refractivity contribution in [3.05, 3.63) is 35.4 Å². The van der Waals surface area contributed by atoms with Gasteiger partial charge in [-0.15, -0.1) is 0 Å². The number of likely N-dealkylation sites (tertiary alicyclic amines) is 1. The van der Waals surface area contributed by atoms with Crippen LogP contribution in [0.25, 0.3) is 0 Å². The number of benzene rings is 1. The number of methoxy groups -OCH3 is 1. The molecule has 0 unspecified atom stereocenters. The summed E-state index contributed by atoms with van der Waals surface area (Å²) in [6.07, 6.45) is 6.13. The molecule has 1 aromatic rings. The summed E-state index contributed by atoms with van der Waals surface area (Å²) in [6.45, 7) is 4.24. The average Bonchev–Trinajstić information content (AvgIpc) is 3.07. The molecule has 142 valence electrons. The number of hydrogen-bond acceptors (Lipinski definition) is 3. The Morgan fingerprint density at radius 2 is 1.88 bits per heavy atom. The molecule has 0 aromatic heterocycles. The van der Waals surface area contributed by atoms with Gasteiger partial charge in [-0.1, -0.05) is 24.3 Å². The van der Waals surface area contributed by atoms with Gasteiger partial charge in [-0.3, -0.25) is 4.79 Å². The first-order chi connectivity index (χ1) is 12.7. The molecule has 0 bridgehead atoms. The van der Waals surface area contributed by atoms with Crippen LogP contribution in [0, 0.1) is 17.3 Å².